The van der Waals surface area contributed by atoms with Crippen molar-refractivity contribution in [2.24, 2.45) is 4.99 Å². The Balaban J connectivity index is 1.98. The number of ether oxygens (including phenoxy) is 1. The van der Waals surface area contributed by atoms with Crippen LogP contribution >= 0.6 is 11.3 Å². The molecule has 0 fully saturated rings. The first-order valence-electron chi connectivity index (χ1n) is 9.46. The van der Waals surface area contributed by atoms with E-state index in [1.807, 2.05) is 31.3 Å². The number of carbonyl (C=O) groups is 1. The number of carbonyl (C=O) groups excluding carboxylic acids is 1. The van der Waals surface area contributed by atoms with E-state index in [1.54, 1.807) is 18.4 Å². The zero-order chi connectivity index (χ0) is 20.4. The molecule has 0 atom stereocenters. The van der Waals surface area contributed by atoms with Crippen molar-refractivity contribution < 1.29 is 9.53 Å². The number of aliphatic imine (C=N–C) groups is 1. The lowest BCUT2D eigenvalue weighted by Crippen LogP contribution is -2.38. The highest BCUT2D eigenvalue weighted by Gasteiger charge is 2.07. The van der Waals surface area contributed by atoms with Crippen LogP contribution in [0.2, 0.25) is 0 Å². The number of benzene rings is 1. The average Bonchev–Trinajstić information content (AvgIpc) is 3.14. The number of anilines is 1. The normalized spacial score (nSPS) is 11.2. The fourth-order valence-electron chi connectivity index (χ4n) is 2.57. The van der Waals surface area contributed by atoms with Gasteiger partial charge in [-0.25, -0.2) is 9.98 Å². The molecule has 0 bridgehead atoms. The van der Waals surface area contributed by atoms with Crippen molar-refractivity contribution in [3.8, 4) is 5.75 Å². The Morgan fingerprint density at radius 3 is 2.75 bits per heavy atom. The molecule has 2 aromatic rings. The molecule has 1 amide bonds. The SMILES string of the molecule is CCNC(=NCc1ccc(OC)c(NC(C)=O)c1)NCCc1ncc(CC)s1. The highest BCUT2D eigenvalue weighted by Crippen LogP contribution is 2.25. The van der Waals surface area contributed by atoms with Crippen LogP contribution in [0.3, 0.4) is 0 Å². The second-order valence-electron chi connectivity index (χ2n) is 6.16. The number of nitrogens with zero attached hydrogens (tertiary/aromatic N) is 2. The zero-order valence-electron chi connectivity index (χ0n) is 17.0. The largest absolute Gasteiger partial charge is 0.495 e. The number of thiazole rings is 1. The second kappa shape index (κ2) is 11.3. The van der Waals surface area contributed by atoms with Crippen LogP contribution in [0.1, 0.15) is 36.2 Å². The third kappa shape index (κ3) is 6.84. The van der Waals surface area contributed by atoms with Gasteiger partial charge in [0.15, 0.2) is 5.96 Å². The molecule has 0 saturated heterocycles. The van der Waals surface area contributed by atoms with Crippen LogP contribution in [0.15, 0.2) is 29.4 Å². The van der Waals surface area contributed by atoms with Gasteiger partial charge in [-0.3, -0.25) is 4.79 Å². The third-order valence-electron chi connectivity index (χ3n) is 3.92. The van der Waals surface area contributed by atoms with E-state index in [1.165, 1.54) is 11.8 Å². The molecule has 0 radical (unpaired) electrons. The van der Waals surface area contributed by atoms with E-state index < -0.39 is 0 Å². The summed E-state index contributed by atoms with van der Waals surface area (Å²) in [6, 6.07) is 5.67. The van der Waals surface area contributed by atoms with E-state index in [0.717, 1.165) is 42.5 Å². The van der Waals surface area contributed by atoms with Crippen molar-refractivity contribution in [2.75, 3.05) is 25.5 Å². The number of hydrogen-bond acceptors (Lipinski definition) is 5. The van der Waals surface area contributed by atoms with Gasteiger partial charge in [0.2, 0.25) is 5.91 Å². The lowest BCUT2D eigenvalue weighted by molar-refractivity contribution is -0.114. The zero-order valence-corrected chi connectivity index (χ0v) is 17.8. The molecule has 152 valence electrons. The second-order valence-corrected chi connectivity index (χ2v) is 7.36. The van der Waals surface area contributed by atoms with Crippen molar-refractivity contribution in [2.45, 2.75) is 40.2 Å². The summed E-state index contributed by atoms with van der Waals surface area (Å²) in [5.41, 5.74) is 1.63. The van der Waals surface area contributed by atoms with Gasteiger partial charge in [0, 0.05) is 37.5 Å². The van der Waals surface area contributed by atoms with E-state index in [-0.39, 0.29) is 5.91 Å². The van der Waals surface area contributed by atoms with Gasteiger partial charge in [-0.2, -0.15) is 0 Å². The molecule has 0 unspecified atom stereocenters. The molecule has 0 saturated carbocycles. The van der Waals surface area contributed by atoms with E-state index in [9.17, 15) is 4.79 Å². The van der Waals surface area contributed by atoms with Crippen molar-refractivity contribution in [1.82, 2.24) is 15.6 Å². The smallest absolute Gasteiger partial charge is 0.221 e. The van der Waals surface area contributed by atoms with Crippen molar-refractivity contribution in [3.05, 3.63) is 39.8 Å². The van der Waals surface area contributed by atoms with Crippen LogP contribution in [0.5, 0.6) is 5.75 Å². The molecule has 0 spiro atoms. The van der Waals surface area contributed by atoms with Crippen LogP contribution in [-0.4, -0.2) is 37.1 Å². The van der Waals surface area contributed by atoms with Crippen LogP contribution in [0, 0.1) is 0 Å². The highest BCUT2D eigenvalue weighted by molar-refractivity contribution is 7.11. The standard InChI is InChI=1S/C20H29N5O2S/c1-5-16-13-23-19(28-16)9-10-22-20(21-6-2)24-12-15-7-8-18(27-4)17(11-15)25-14(3)26/h7-8,11,13H,5-6,9-10,12H2,1-4H3,(H,25,26)(H2,21,22,24). The first-order chi connectivity index (χ1) is 13.5. The molecule has 0 aliphatic heterocycles. The molecule has 3 N–H and O–H groups in total. The van der Waals surface area contributed by atoms with Gasteiger partial charge < -0.3 is 20.7 Å². The number of nitrogens with one attached hydrogen (secondary N) is 3. The van der Waals surface area contributed by atoms with Crippen LogP contribution < -0.4 is 20.7 Å². The molecule has 0 aliphatic carbocycles. The predicted octanol–water partition coefficient (Wildman–Crippen LogP) is 2.97. The summed E-state index contributed by atoms with van der Waals surface area (Å²) >= 11 is 1.76. The van der Waals surface area contributed by atoms with Crippen LogP contribution in [0.4, 0.5) is 5.69 Å². The van der Waals surface area contributed by atoms with Gasteiger partial charge in [0.05, 0.1) is 24.3 Å². The van der Waals surface area contributed by atoms with Crippen molar-refractivity contribution in [1.29, 1.82) is 0 Å². The molecule has 28 heavy (non-hydrogen) atoms. The minimum atomic E-state index is -0.137. The Hall–Kier alpha value is -2.61. The molecule has 1 aromatic carbocycles. The van der Waals surface area contributed by atoms with Gasteiger partial charge in [0.25, 0.3) is 0 Å². The van der Waals surface area contributed by atoms with Crippen molar-refractivity contribution >= 4 is 28.9 Å². The minimum absolute atomic E-state index is 0.137. The first kappa shape index (κ1) is 21.7. The first-order valence-corrected chi connectivity index (χ1v) is 10.3. The number of rotatable bonds is 9. The van der Waals surface area contributed by atoms with Gasteiger partial charge in [-0.05, 0) is 31.0 Å². The third-order valence-corrected chi connectivity index (χ3v) is 5.12. The molecule has 1 aromatic heterocycles. The van der Waals surface area contributed by atoms with Gasteiger partial charge >= 0.3 is 0 Å². The summed E-state index contributed by atoms with van der Waals surface area (Å²) in [5, 5.41) is 10.5. The lowest BCUT2D eigenvalue weighted by atomic mass is 10.2. The van der Waals surface area contributed by atoms with E-state index in [0.29, 0.717) is 18.0 Å². The molecule has 1 heterocycles. The molecule has 0 aliphatic rings. The molecular formula is C20H29N5O2S. The highest BCUT2D eigenvalue weighted by atomic mass is 32.1. The lowest BCUT2D eigenvalue weighted by Gasteiger charge is -2.12. The molecule has 7 nitrogen and oxygen atoms in total. The molecule has 2 rings (SSSR count). The van der Waals surface area contributed by atoms with Gasteiger partial charge in [-0.1, -0.05) is 13.0 Å². The van der Waals surface area contributed by atoms with E-state index in [4.69, 9.17) is 4.74 Å². The van der Waals surface area contributed by atoms with Gasteiger partial charge in [-0.15, -0.1) is 11.3 Å². The summed E-state index contributed by atoms with van der Waals surface area (Å²) in [4.78, 5) is 21.8. The topological polar surface area (TPSA) is 87.6 Å². The summed E-state index contributed by atoms with van der Waals surface area (Å²) in [5.74, 6) is 1.25. The maximum absolute atomic E-state index is 11.4. The number of aromatic nitrogens is 1. The van der Waals surface area contributed by atoms with E-state index >= 15 is 0 Å². The number of amides is 1. The quantitative estimate of drug-likeness (QED) is 0.443. The fraction of sp³-hybridized carbons (Fsp3) is 0.450. The minimum Gasteiger partial charge on any atom is -0.495 e. The maximum atomic E-state index is 11.4. The summed E-state index contributed by atoms with van der Waals surface area (Å²) in [6.07, 6.45) is 3.84. The number of guanidine groups is 1. The summed E-state index contributed by atoms with van der Waals surface area (Å²) in [7, 11) is 1.58. The Morgan fingerprint density at radius 2 is 2.11 bits per heavy atom. The monoisotopic (exact) mass is 403 g/mol. The maximum Gasteiger partial charge on any atom is 0.221 e. The predicted molar refractivity (Wildman–Crippen MR) is 115 cm³/mol. The Morgan fingerprint density at radius 1 is 1.29 bits per heavy atom. The number of hydrogen-bond donors (Lipinski definition) is 3. The van der Waals surface area contributed by atoms with E-state index in [2.05, 4.69) is 32.9 Å². The number of aryl methyl sites for hydroxylation is 1. The van der Waals surface area contributed by atoms with Gasteiger partial charge in [0.1, 0.15) is 5.75 Å². The Bertz CT molecular complexity index is 804. The summed E-state index contributed by atoms with van der Waals surface area (Å²) in [6.45, 7) is 7.69. The number of methoxy groups -OCH3 is 1. The van der Waals surface area contributed by atoms with Crippen molar-refractivity contribution in [3.63, 3.8) is 0 Å². The van der Waals surface area contributed by atoms with Crippen LogP contribution in [-0.2, 0) is 24.2 Å². The summed E-state index contributed by atoms with van der Waals surface area (Å²) < 4.78 is 5.29. The Labute approximate surface area is 170 Å². The molecular weight excluding hydrogens is 374 g/mol. The average molecular weight is 404 g/mol. The Kier molecular flexibility index (Phi) is 8.74. The fourth-order valence-corrected chi connectivity index (χ4v) is 3.43. The van der Waals surface area contributed by atoms with Crippen LogP contribution in [0.25, 0.3) is 0 Å². The molecule has 8 heteroatoms.